The number of anilines is 2. The Labute approximate surface area is 188 Å². The van der Waals surface area contributed by atoms with Gasteiger partial charge in [-0.2, -0.15) is 0 Å². The summed E-state index contributed by atoms with van der Waals surface area (Å²) < 4.78 is 0. The number of carbonyl (C=O) groups is 2. The van der Waals surface area contributed by atoms with E-state index < -0.39 is 11.0 Å². The molecule has 2 aromatic rings. The normalized spacial score (nSPS) is 18.8. The summed E-state index contributed by atoms with van der Waals surface area (Å²) in [6, 6.07) is 12.0. The van der Waals surface area contributed by atoms with Gasteiger partial charge in [0.05, 0.1) is 24.0 Å². The molecule has 2 heterocycles. The summed E-state index contributed by atoms with van der Waals surface area (Å²) in [6.07, 6.45) is 3.35. The number of benzene rings is 2. The summed E-state index contributed by atoms with van der Waals surface area (Å²) in [4.78, 5) is 28.6. The Bertz CT molecular complexity index is 1100. The van der Waals surface area contributed by atoms with E-state index in [1.165, 1.54) is 0 Å². The van der Waals surface area contributed by atoms with Crippen molar-refractivity contribution in [3.63, 3.8) is 0 Å². The zero-order chi connectivity index (χ0) is 22.6. The Morgan fingerprint density at radius 3 is 2.55 bits per heavy atom. The number of rotatable bonds is 4. The second kappa shape index (κ2) is 7.41. The fraction of sp³-hybridized carbons (Fsp3) is 0.360. The Morgan fingerprint density at radius 2 is 1.87 bits per heavy atom. The highest BCUT2D eigenvalue weighted by atomic mass is 35.5. The number of carbonyl (C=O) groups excluding carboxylic acids is 2. The Hall–Kier alpha value is -2.79. The molecule has 2 aliphatic heterocycles. The minimum Gasteiger partial charge on any atom is -0.372 e. The molecule has 0 saturated carbocycles. The van der Waals surface area contributed by atoms with Crippen molar-refractivity contribution < 1.29 is 9.59 Å². The van der Waals surface area contributed by atoms with Gasteiger partial charge in [0.25, 0.3) is 0 Å². The first-order valence-corrected chi connectivity index (χ1v) is 10.9. The van der Waals surface area contributed by atoms with Gasteiger partial charge in [0, 0.05) is 23.4 Å². The average molecular weight is 438 g/mol. The quantitative estimate of drug-likeness (QED) is 0.709. The van der Waals surface area contributed by atoms with Crippen LogP contribution in [-0.2, 0) is 20.5 Å². The maximum atomic E-state index is 12.7. The highest BCUT2D eigenvalue weighted by Gasteiger charge is 2.48. The van der Waals surface area contributed by atoms with Crippen molar-refractivity contribution in [2.45, 2.75) is 38.6 Å². The summed E-state index contributed by atoms with van der Waals surface area (Å²) in [7, 11) is 1.82. The molecular formula is C25H28ClN3O2. The van der Waals surface area contributed by atoms with Gasteiger partial charge in [-0.15, -0.1) is 0 Å². The third-order valence-electron chi connectivity index (χ3n) is 6.58. The van der Waals surface area contributed by atoms with E-state index in [2.05, 4.69) is 11.4 Å². The number of nitrogens with zero attached hydrogens (tertiary/aromatic N) is 2. The smallest absolute Gasteiger partial charge is 0.246 e. The van der Waals surface area contributed by atoms with E-state index in [4.69, 9.17) is 11.6 Å². The van der Waals surface area contributed by atoms with Crippen LogP contribution < -0.4 is 10.2 Å². The number of fused-ring (bicyclic) bond motifs is 1. The van der Waals surface area contributed by atoms with Gasteiger partial charge in [-0.3, -0.25) is 9.59 Å². The molecule has 1 N–H and O–H groups in total. The molecule has 6 heteroatoms. The minimum absolute atomic E-state index is 0.000592. The highest BCUT2D eigenvalue weighted by molar-refractivity contribution is 6.31. The van der Waals surface area contributed by atoms with E-state index in [0.29, 0.717) is 18.1 Å². The summed E-state index contributed by atoms with van der Waals surface area (Å²) >= 11 is 6.43. The second-order valence-corrected chi connectivity index (χ2v) is 9.44. The molecule has 0 radical (unpaired) electrons. The Morgan fingerprint density at radius 1 is 1.16 bits per heavy atom. The van der Waals surface area contributed by atoms with Gasteiger partial charge >= 0.3 is 0 Å². The SMILES string of the molecule is C/C=C/C(=O)N1CC(Nc2ccc3c(c2)N(C)C(=O)C3(C)C)(c2cccc(Cl)c2C)C1. The van der Waals surface area contributed by atoms with E-state index in [9.17, 15) is 9.59 Å². The molecule has 2 amide bonds. The van der Waals surface area contributed by atoms with Crippen LogP contribution >= 0.6 is 11.6 Å². The Balaban J connectivity index is 1.72. The number of hydrogen-bond acceptors (Lipinski definition) is 3. The molecule has 0 spiro atoms. The second-order valence-electron chi connectivity index (χ2n) is 9.03. The molecule has 31 heavy (non-hydrogen) atoms. The van der Waals surface area contributed by atoms with E-state index >= 15 is 0 Å². The molecule has 2 aromatic carbocycles. The summed E-state index contributed by atoms with van der Waals surface area (Å²) in [5, 5.41) is 4.39. The fourth-order valence-electron chi connectivity index (χ4n) is 4.79. The summed E-state index contributed by atoms with van der Waals surface area (Å²) in [5.74, 6) is 0.0902. The van der Waals surface area contributed by atoms with Gasteiger partial charge in [-0.05, 0) is 68.7 Å². The molecule has 2 aliphatic rings. The molecule has 162 valence electrons. The molecule has 0 unspecified atom stereocenters. The largest absolute Gasteiger partial charge is 0.372 e. The predicted molar refractivity (Wildman–Crippen MR) is 126 cm³/mol. The first-order chi connectivity index (χ1) is 14.6. The number of likely N-dealkylation sites (N-methyl/N-ethyl adjacent to an activating group) is 1. The van der Waals surface area contributed by atoms with Crippen LogP contribution in [0.25, 0.3) is 0 Å². The minimum atomic E-state index is -0.532. The van der Waals surface area contributed by atoms with E-state index in [1.54, 1.807) is 17.1 Å². The van der Waals surface area contributed by atoms with Gasteiger partial charge in [-0.25, -0.2) is 0 Å². The van der Waals surface area contributed by atoms with Crippen LogP contribution in [0.1, 0.15) is 37.5 Å². The van der Waals surface area contributed by atoms with Crippen molar-refractivity contribution in [2.24, 2.45) is 0 Å². The van der Waals surface area contributed by atoms with E-state index in [-0.39, 0.29) is 11.8 Å². The lowest BCUT2D eigenvalue weighted by atomic mass is 9.79. The van der Waals surface area contributed by atoms with E-state index in [0.717, 1.165) is 28.1 Å². The number of amides is 2. The number of nitrogens with one attached hydrogen (secondary N) is 1. The average Bonchev–Trinajstić information content (AvgIpc) is 2.87. The van der Waals surface area contributed by atoms with Crippen molar-refractivity contribution in [3.8, 4) is 0 Å². The van der Waals surface area contributed by atoms with Gasteiger partial charge < -0.3 is 15.1 Å². The Kier molecular flexibility index (Phi) is 5.13. The van der Waals surface area contributed by atoms with Crippen LogP contribution in [0.15, 0.2) is 48.6 Å². The van der Waals surface area contributed by atoms with Crippen molar-refractivity contribution >= 4 is 34.8 Å². The third-order valence-corrected chi connectivity index (χ3v) is 6.99. The monoisotopic (exact) mass is 437 g/mol. The van der Waals surface area contributed by atoms with Crippen molar-refractivity contribution in [1.82, 2.24) is 4.90 Å². The van der Waals surface area contributed by atoms with Crippen LogP contribution in [0, 0.1) is 6.92 Å². The number of likely N-dealkylation sites (tertiary alicyclic amines) is 1. The van der Waals surface area contributed by atoms with Crippen LogP contribution in [-0.4, -0.2) is 36.9 Å². The first-order valence-electron chi connectivity index (χ1n) is 10.5. The molecule has 0 aliphatic carbocycles. The van der Waals surface area contributed by atoms with E-state index in [1.807, 2.05) is 70.0 Å². The van der Waals surface area contributed by atoms with Gasteiger partial charge in [-0.1, -0.05) is 35.9 Å². The van der Waals surface area contributed by atoms with Gasteiger partial charge in [0.15, 0.2) is 0 Å². The van der Waals surface area contributed by atoms with Crippen LogP contribution in [0.3, 0.4) is 0 Å². The van der Waals surface area contributed by atoms with Gasteiger partial charge in [0.1, 0.15) is 0 Å². The molecule has 1 fully saturated rings. The van der Waals surface area contributed by atoms with Crippen LogP contribution in [0.5, 0.6) is 0 Å². The topological polar surface area (TPSA) is 52.7 Å². The zero-order valence-corrected chi connectivity index (χ0v) is 19.4. The molecule has 4 rings (SSSR count). The standard InChI is InChI=1S/C25H28ClN3O2/c1-6-8-22(30)29-14-25(15-29,18-9-7-10-20(26)16(18)2)27-17-11-12-19-21(13-17)28(5)23(31)24(19,3)4/h6-13,27H,14-15H2,1-5H3/b8-6+. The van der Waals surface area contributed by atoms with Gasteiger partial charge in [0.2, 0.25) is 11.8 Å². The van der Waals surface area contributed by atoms with Crippen LogP contribution in [0.2, 0.25) is 5.02 Å². The maximum absolute atomic E-state index is 12.7. The lowest BCUT2D eigenvalue weighted by Crippen LogP contribution is -2.65. The lowest BCUT2D eigenvalue weighted by Gasteiger charge is -2.51. The van der Waals surface area contributed by atoms with Crippen molar-refractivity contribution in [2.75, 3.05) is 30.4 Å². The first kappa shape index (κ1) is 21.4. The number of halogens is 1. The van der Waals surface area contributed by atoms with Crippen LogP contribution in [0.4, 0.5) is 11.4 Å². The third kappa shape index (κ3) is 3.32. The molecule has 0 bridgehead atoms. The molecule has 5 nitrogen and oxygen atoms in total. The highest BCUT2D eigenvalue weighted by Crippen LogP contribution is 2.44. The lowest BCUT2D eigenvalue weighted by molar-refractivity contribution is -0.132. The number of hydrogen-bond donors (Lipinski definition) is 1. The zero-order valence-electron chi connectivity index (χ0n) is 18.6. The number of allylic oxidation sites excluding steroid dienone is 1. The van der Waals surface area contributed by atoms with Crippen molar-refractivity contribution in [3.05, 3.63) is 70.3 Å². The predicted octanol–water partition coefficient (Wildman–Crippen LogP) is 4.63. The summed E-state index contributed by atoms with van der Waals surface area (Å²) in [5.41, 5.74) is 3.96. The molecule has 0 atom stereocenters. The molecule has 0 aromatic heterocycles. The van der Waals surface area contributed by atoms with Crippen molar-refractivity contribution in [1.29, 1.82) is 0 Å². The molecular weight excluding hydrogens is 410 g/mol. The fourth-order valence-corrected chi connectivity index (χ4v) is 4.96. The maximum Gasteiger partial charge on any atom is 0.246 e. The summed E-state index contributed by atoms with van der Waals surface area (Å²) in [6.45, 7) is 8.84. The molecule has 1 saturated heterocycles.